The molecular formula is C20H24N4O6. The summed E-state index contributed by atoms with van der Waals surface area (Å²) >= 11 is 0. The fraction of sp³-hybridized carbons (Fsp3) is 0.450. The quantitative estimate of drug-likeness (QED) is 0.436. The number of fused-ring (bicyclic) bond motifs is 1. The van der Waals surface area contributed by atoms with Gasteiger partial charge < -0.3 is 19.5 Å². The number of non-ortho nitro benzene ring substituents is 1. The van der Waals surface area contributed by atoms with Gasteiger partial charge in [0.05, 0.1) is 24.0 Å². The zero-order valence-electron chi connectivity index (χ0n) is 16.9. The Morgan fingerprint density at radius 2 is 2.13 bits per heavy atom. The highest BCUT2D eigenvalue weighted by Gasteiger charge is 2.30. The number of aromatic amines is 1. The van der Waals surface area contributed by atoms with Crippen LogP contribution < -0.4 is 0 Å². The number of likely N-dealkylation sites (tertiary alicyclic amines) is 1. The SMILES string of the molecule is CCOC(=O)C1CCCN(C(=O)CN(C)C(=O)c2cc3cccc([N+](=O)[O-])c3[nH]2)C1. The molecule has 0 saturated carbocycles. The van der Waals surface area contributed by atoms with E-state index in [1.165, 1.54) is 24.1 Å². The van der Waals surface area contributed by atoms with E-state index in [2.05, 4.69) is 4.98 Å². The van der Waals surface area contributed by atoms with Crippen molar-refractivity contribution in [3.8, 4) is 0 Å². The molecular weight excluding hydrogens is 392 g/mol. The van der Waals surface area contributed by atoms with Crippen LogP contribution in [0.3, 0.4) is 0 Å². The fourth-order valence-electron chi connectivity index (χ4n) is 3.64. The highest BCUT2D eigenvalue weighted by Crippen LogP contribution is 2.26. The second-order valence-corrected chi connectivity index (χ2v) is 7.27. The van der Waals surface area contributed by atoms with E-state index in [4.69, 9.17) is 4.74 Å². The molecule has 0 radical (unpaired) electrons. The smallest absolute Gasteiger partial charge is 0.310 e. The van der Waals surface area contributed by atoms with E-state index < -0.39 is 10.8 Å². The lowest BCUT2D eigenvalue weighted by molar-refractivity contribution is -0.383. The molecule has 1 aliphatic rings. The third kappa shape index (κ3) is 4.42. The van der Waals surface area contributed by atoms with Crippen molar-refractivity contribution < 1.29 is 24.0 Å². The van der Waals surface area contributed by atoms with Gasteiger partial charge in [0, 0.05) is 31.6 Å². The van der Waals surface area contributed by atoms with Gasteiger partial charge in [0.1, 0.15) is 11.2 Å². The Morgan fingerprint density at radius 3 is 2.83 bits per heavy atom. The van der Waals surface area contributed by atoms with Crippen LogP contribution in [0.5, 0.6) is 0 Å². The van der Waals surface area contributed by atoms with Crippen LogP contribution in [0.15, 0.2) is 24.3 Å². The van der Waals surface area contributed by atoms with Crippen LogP contribution in [0.4, 0.5) is 5.69 Å². The summed E-state index contributed by atoms with van der Waals surface area (Å²) in [5.41, 5.74) is 0.306. The minimum absolute atomic E-state index is 0.122. The van der Waals surface area contributed by atoms with Crippen LogP contribution in [0, 0.1) is 16.0 Å². The number of rotatable bonds is 6. The van der Waals surface area contributed by atoms with Crippen LogP contribution in [0.25, 0.3) is 10.9 Å². The average Bonchev–Trinajstić information content (AvgIpc) is 3.17. The van der Waals surface area contributed by atoms with E-state index >= 15 is 0 Å². The number of likely N-dealkylation sites (N-methyl/N-ethyl adjacent to an activating group) is 1. The van der Waals surface area contributed by atoms with Crippen molar-refractivity contribution >= 4 is 34.4 Å². The molecule has 1 saturated heterocycles. The number of amides is 2. The van der Waals surface area contributed by atoms with E-state index in [0.29, 0.717) is 31.4 Å². The predicted molar refractivity (Wildman–Crippen MR) is 108 cm³/mol. The number of hydrogen-bond donors (Lipinski definition) is 1. The van der Waals surface area contributed by atoms with Gasteiger partial charge >= 0.3 is 5.97 Å². The summed E-state index contributed by atoms with van der Waals surface area (Å²) in [6, 6.07) is 6.11. The first kappa shape index (κ1) is 21.3. The Morgan fingerprint density at radius 1 is 1.37 bits per heavy atom. The highest BCUT2D eigenvalue weighted by molar-refractivity contribution is 6.01. The number of nitro benzene ring substituents is 1. The van der Waals surface area contributed by atoms with E-state index in [1.807, 2.05) is 0 Å². The molecule has 0 spiro atoms. The van der Waals surface area contributed by atoms with Gasteiger partial charge in [-0.15, -0.1) is 0 Å². The zero-order chi connectivity index (χ0) is 21.8. The molecule has 1 aromatic heterocycles. The zero-order valence-corrected chi connectivity index (χ0v) is 16.9. The lowest BCUT2D eigenvalue weighted by Gasteiger charge is -2.32. The molecule has 1 aliphatic heterocycles. The van der Waals surface area contributed by atoms with Crippen molar-refractivity contribution in [1.82, 2.24) is 14.8 Å². The third-order valence-electron chi connectivity index (χ3n) is 5.17. The van der Waals surface area contributed by atoms with E-state index in [1.54, 1.807) is 24.0 Å². The average molecular weight is 416 g/mol. The van der Waals surface area contributed by atoms with Gasteiger partial charge in [-0.1, -0.05) is 12.1 Å². The summed E-state index contributed by atoms with van der Waals surface area (Å²) < 4.78 is 5.05. The number of carbonyl (C=O) groups excluding carboxylic acids is 3. The first-order chi connectivity index (χ1) is 14.3. The maximum absolute atomic E-state index is 12.8. The molecule has 1 fully saturated rings. The second-order valence-electron chi connectivity index (χ2n) is 7.27. The van der Waals surface area contributed by atoms with Crippen molar-refractivity contribution in [2.24, 2.45) is 5.92 Å². The topological polar surface area (TPSA) is 126 Å². The van der Waals surface area contributed by atoms with Gasteiger partial charge in [0.25, 0.3) is 11.6 Å². The molecule has 10 heteroatoms. The highest BCUT2D eigenvalue weighted by atomic mass is 16.6. The molecule has 0 bridgehead atoms. The summed E-state index contributed by atoms with van der Waals surface area (Å²) in [6.07, 6.45) is 1.36. The van der Waals surface area contributed by atoms with Crippen molar-refractivity contribution in [3.63, 3.8) is 0 Å². The number of nitrogens with zero attached hydrogens (tertiary/aromatic N) is 3. The van der Waals surface area contributed by atoms with Crippen LogP contribution in [0.1, 0.15) is 30.3 Å². The van der Waals surface area contributed by atoms with Gasteiger partial charge in [0.2, 0.25) is 5.91 Å². The molecule has 3 rings (SSSR count). The normalized spacial score (nSPS) is 16.3. The number of esters is 1. The number of nitro groups is 1. The summed E-state index contributed by atoms with van der Waals surface area (Å²) in [5, 5.41) is 11.7. The van der Waals surface area contributed by atoms with Crippen LogP contribution in [0.2, 0.25) is 0 Å². The summed E-state index contributed by atoms with van der Waals surface area (Å²) in [7, 11) is 1.49. The van der Waals surface area contributed by atoms with Crippen molar-refractivity contribution in [2.75, 3.05) is 33.3 Å². The van der Waals surface area contributed by atoms with Gasteiger partial charge in [-0.05, 0) is 25.8 Å². The number of ether oxygens (including phenoxy) is 1. The maximum Gasteiger partial charge on any atom is 0.310 e. The van der Waals surface area contributed by atoms with E-state index in [-0.39, 0.29) is 47.8 Å². The Hall–Kier alpha value is -3.43. The summed E-state index contributed by atoms with van der Waals surface area (Å²) in [6.45, 7) is 2.67. The van der Waals surface area contributed by atoms with Crippen molar-refractivity contribution in [1.29, 1.82) is 0 Å². The number of benzene rings is 1. The van der Waals surface area contributed by atoms with Gasteiger partial charge in [-0.25, -0.2) is 0 Å². The van der Waals surface area contributed by atoms with Crippen LogP contribution in [-0.4, -0.2) is 70.8 Å². The lowest BCUT2D eigenvalue weighted by atomic mass is 9.98. The number of piperidine rings is 1. The minimum atomic E-state index is -0.517. The lowest BCUT2D eigenvalue weighted by Crippen LogP contribution is -2.47. The molecule has 10 nitrogen and oxygen atoms in total. The minimum Gasteiger partial charge on any atom is -0.466 e. The molecule has 1 atom stereocenters. The predicted octanol–water partition coefficient (Wildman–Crippen LogP) is 1.95. The number of aromatic nitrogens is 1. The number of hydrogen-bond acceptors (Lipinski definition) is 6. The van der Waals surface area contributed by atoms with E-state index in [0.717, 1.165) is 0 Å². The molecule has 1 aromatic carbocycles. The molecule has 2 heterocycles. The maximum atomic E-state index is 12.8. The van der Waals surface area contributed by atoms with Crippen LogP contribution >= 0.6 is 0 Å². The molecule has 0 aliphatic carbocycles. The Labute approximate surface area is 172 Å². The first-order valence-electron chi connectivity index (χ1n) is 9.77. The Balaban J connectivity index is 1.67. The Kier molecular flexibility index (Phi) is 6.34. The molecule has 30 heavy (non-hydrogen) atoms. The van der Waals surface area contributed by atoms with Gasteiger partial charge in [-0.3, -0.25) is 24.5 Å². The summed E-state index contributed by atoms with van der Waals surface area (Å²) in [5.74, 6) is -1.37. The first-order valence-corrected chi connectivity index (χ1v) is 9.77. The van der Waals surface area contributed by atoms with E-state index in [9.17, 15) is 24.5 Å². The largest absolute Gasteiger partial charge is 0.466 e. The van der Waals surface area contributed by atoms with Crippen LogP contribution in [-0.2, 0) is 14.3 Å². The standard InChI is InChI=1S/C20H24N4O6/c1-3-30-20(27)14-7-5-9-23(11-14)17(25)12-22(2)19(26)15-10-13-6-4-8-16(24(28)29)18(13)21-15/h4,6,8,10,14,21H,3,5,7,9,11-12H2,1-2H3. The number of H-pyrrole nitrogens is 1. The van der Waals surface area contributed by atoms with Gasteiger partial charge in [0.15, 0.2) is 0 Å². The third-order valence-corrected chi connectivity index (χ3v) is 5.17. The van der Waals surface area contributed by atoms with Crippen molar-refractivity contribution in [3.05, 3.63) is 40.1 Å². The molecule has 2 amide bonds. The molecule has 1 N–H and O–H groups in total. The number of carbonyl (C=O) groups is 3. The number of para-hydroxylation sites is 1. The fourth-order valence-corrected chi connectivity index (χ4v) is 3.64. The number of nitrogens with one attached hydrogen (secondary N) is 1. The monoisotopic (exact) mass is 416 g/mol. The molecule has 160 valence electrons. The van der Waals surface area contributed by atoms with Crippen molar-refractivity contribution in [2.45, 2.75) is 19.8 Å². The van der Waals surface area contributed by atoms with Gasteiger partial charge in [-0.2, -0.15) is 0 Å². The summed E-state index contributed by atoms with van der Waals surface area (Å²) in [4.78, 5) is 53.7. The molecule has 2 aromatic rings. The molecule has 1 unspecified atom stereocenters. The second kappa shape index (κ2) is 8.93. The Bertz CT molecular complexity index is 985.